The first-order valence-corrected chi connectivity index (χ1v) is 6.09. The molecule has 3 nitrogen and oxygen atoms in total. The summed E-state index contributed by atoms with van der Waals surface area (Å²) in [6.07, 6.45) is 3.80. The van der Waals surface area contributed by atoms with Crippen molar-refractivity contribution in [2.45, 2.75) is 44.4 Å². The van der Waals surface area contributed by atoms with Crippen LogP contribution in [0.3, 0.4) is 0 Å². The number of rotatable bonds is 3. The van der Waals surface area contributed by atoms with Crippen molar-refractivity contribution >= 4 is 0 Å². The second-order valence-corrected chi connectivity index (χ2v) is 4.62. The minimum absolute atomic E-state index is 0.0908. The molecule has 1 aliphatic rings. The van der Waals surface area contributed by atoms with Gasteiger partial charge in [0.25, 0.3) is 0 Å². The van der Waals surface area contributed by atoms with Crippen molar-refractivity contribution in [3.63, 3.8) is 0 Å². The van der Waals surface area contributed by atoms with Gasteiger partial charge in [-0.25, -0.2) is 4.39 Å². The molecule has 0 atom stereocenters. The fourth-order valence-electron chi connectivity index (χ4n) is 2.15. The zero-order valence-corrected chi connectivity index (χ0v) is 9.86. The quantitative estimate of drug-likeness (QED) is 0.846. The summed E-state index contributed by atoms with van der Waals surface area (Å²) in [5.41, 5.74) is 12.0. The monoisotopic (exact) mass is 238 g/mol. The third kappa shape index (κ3) is 3.17. The van der Waals surface area contributed by atoms with Crippen molar-refractivity contribution in [1.82, 2.24) is 0 Å². The number of benzene rings is 1. The lowest BCUT2D eigenvalue weighted by atomic mass is 9.94. The second-order valence-electron chi connectivity index (χ2n) is 4.62. The van der Waals surface area contributed by atoms with Crippen molar-refractivity contribution < 1.29 is 9.13 Å². The van der Waals surface area contributed by atoms with Crippen molar-refractivity contribution in [1.29, 1.82) is 0 Å². The van der Waals surface area contributed by atoms with Gasteiger partial charge in [-0.3, -0.25) is 0 Å². The summed E-state index contributed by atoms with van der Waals surface area (Å²) < 4.78 is 19.3. The third-order valence-electron chi connectivity index (χ3n) is 3.24. The maximum Gasteiger partial charge on any atom is 0.165 e. The molecule has 1 saturated carbocycles. The Morgan fingerprint density at radius 1 is 1.24 bits per heavy atom. The molecular formula is C13H19FN2O. The first-order valence-electron chi connectivity index (χ1n) is 6.09. The van der Waals surface area contributed by atoms with Crippen LogP contribution in [0.25, 0.3) is 0 Å². The van der Waals surface area contributed by atoms with E-state index >= 15 is 0 Å². The van der Waals surface area contributed by atoms with Gasteiger partial charge in [-0.2, -0.15) is 0 Å². The van der Waals surface area contributed by atoms with Crippen LogP contribution in [-0.2, 0) is 6.54 Å². The first kappa shape index (κ1) is 12.3. The molecule has 1 aromatic carbocycles. The van der Waals surface area contributed by atoms with E-state index < -0.39 is 0 Å². The minimum atomic E-state index is -0.331. The molecule has 0 bridgehead atoms. The summed E-state index contributed by atoms with van der Waals surface area (Å²) in [4.78, 5) is 0. The fraction of sp³-hybridized carbons (Fsp3) is 0.538. The van der Waals surface area contributed by atoms with E-state index in [9.17, 15) is 4.39 Å². The molecule has 2 rings (SSSR count). The molecule has 0 aromatic heterocycles. The smallest absolute Gasteiger partial charge is 0.165 e. The molecule has 0 radical (unpaired) electrons. The molecule has 0 unspecified atom stereocenters. The molecule has 17 heavy (non-hydrogen) atoms. The molecule has 0 heterocycles. The van der Waals surface area contributed by atoms with E-state index in [-0.39, 0.29) is 18.0 Å². The van der Waals surface area contributed by atoms with Gasteiger partial charge in [-0.15, -0.1) is 0 Å². The van der Waals surface area contributed by atoms with Crippen LogP contribution in [0, 0.1) is 5.82 Å². The molecule has 1 fully saturated rings. The lowest BCUT2D eigenvalue weighted by Crippen LogP contribution is -2.31. The summed E-state index contributed by atoms with van der Waals surface area (Å²) in [5.74, 6) is -0.00880. The van der Waals surface area contributed by atoms with Gasteiger partial charge >= 0.3 is 0 Å². The summed E-state index contributed by atoms with van der Waals surface area (Å²) in [6.45, 7) is 0.343. The Balaban J connectivity index is 1.99. The maximum absolute atomic E-state index is 13.7. The van der Waals surface area contributed by atoms with Crippen molar-refractivity contribution in [2.75, 3.05) is 0 Å². The van der Waals surface area contributed by atoms with Gasteiger partial charge in [-0.05, 0) is 43.4 Å². The van der Waals surface area contributed by atoms with Crippen LogP contribution in [0.2, 0.25) is 0 Å². The Kier molecular flexibility index (Phi) is 3.97. The van der Waals surface area contributed by atoms with Crippen molar-refractivity contribution in [2.24, 2.45) is 11.5 Å². The summed E-state index contributed by atoms with van der Waals surface area (Å²) in [6, 6.07) is 5.17. The number of nitrogens with two attached hydrogens (primary N) is 2. The van der Waals surface area contributed by atoms with Crippen LogP contribution in [0.15, 0.2) is 18.2 Å². The summed E-state index contributed by atoms with van der Waals surface area (Å²) >= 11 is 0. The Labute approximate surface area is 101 Å². The lowest BCUT2D eigenvalue weighted by Gasteiger charge is -2.26. The van der Waals surface area contributed by atoms with Gasteiger partial charge in [0.15, 0.2) is 11.6 Å². The topological polar surface area (TPSA) is 61.3 Å². The molecule has 94 valence electrons. The van der Waals surface area contributed by atoms with Gasteiger partial charge in [0.1, 0.15) is 0 Å². The van der Waals surface area contributed by atoms with Gasteiger partial charge < -0.3 is 16.2 Å². The Bertz CT molecular complexity index is 376. The highest BCUT2D eigenvalue weighted by molar-refractivity contribution is 5.29. The van der Waals surface area contributed by atoms with Crippen LogP contribution >= 0.6 is 0 Å². The molecule has 4 heteroatoms. The second kappa shape index (κ2) is 5.47. The van der Waals surface area contributed by atoms with Crippen LogP contribution in [0.4, 0.5) is 4.39 Å². The van der Waals surface area contributed by atoms with E-state index in [2.05, 4.69) is 0 Å². The average Bonchev–Trinajstić information content (AvgIpc) is 2.34. The highest BCUT2D eigenvalue weighted by Crippen LogP contribution is 2.25. The zero-order chi connectivity index (χ0) is 12.3. The largest absolute Gasteiger partial charge is 0.487 e. The van der Waals surface area contributed by atoms with Crippen LogP contribution in [0.1, 0.15) is 31.2 Å². The summed E-state index contributed by atoms with van der Waals surface area (Å²) in [5, 5.41) is 0. The van der Waals surface area contributed by atoms with Gasteiger partial charge in [0, 0.05) is 12.6 Å². The minimum Gasteiger partial charge on any atom is -0.487 e. The molecule has 0 aliphatic heterocycles. The van der Waals surface area contributed by atoms with E-state index in [1.165, 1.54) is 6.07 Å². The van der Waals surface area contributed by atoms with Gasteiger partial charge in [0.05, 0.1) is 6.10 Å². The molecule has 4 N–H and O–H groups in total. The highest BCUT2D eigenvalue weighted by atomic mass is 19.1. The molecular weight excluding hydrogens is 219 g/mol. The standard InChI is InChI=1S/C13H19FN2O/c14-12-7-9(8-15)1-6-13(12)17-11-4-2-10(16)3-5-11/h1,6-7,10-11H,2-5,8,15-16H2. The van der Waals surface area contributed by atoms with Crippen molar-refractivity contribution in [3.05, 3.63) is 29.6 Å². The SMILES string of the molecule is NCc1ccc(OC2CCC(N)CC2)c(F)c1. The van der Waals surface area contributed by atoms with Gasteiger partial charge in [0.2, 0.25) is 0 Å². The molecule has 1 aliphatic carbocycles. The predicted octanol–water partition coefficient (Wildman–Crippen LogP) is 1.93. The van der Waals surface area contributed by atoms with Gasteiger partial charge in [-0.1, -0.05) is 6.07 Å². The van der Waals surface area contributed by atoms with Crippen LogP contribution in [-0.4, -0.2) is 12.1 Å². The normalized spacial score (nSPS) is 24.6. The number of hydrogen-bond donors (Lipinski definition) is 2. The maximum atomic E-state index is 13.7. The van der Waals surface area contributed by atoms with E-state index in [1.54, 1.807) is 12.1 Å². The van der Waals surface area contributed by atoms with Crippen LogP contribution in [0.5, 0.6) is 5.75 Å². The lowest BCUT2D eigenvalue weighted by molar-refractivity contribution is 0.141. The number of ether oxygens (including phenoxy) is 1. The third-order valence-corrected chi connectivity index (χ3v) is 3.24. The van der Waals surface area contributed by atoms with Crippen LogP contribution < -0.4 is 16.2 Å². The average molecular weight is 238 g/mol. The Morgan fingerprint density at radius 3 is 2.53 bits per heavy atom. The van der Waals surface area contributed by atoms with E-state index in [0.717, 1.165) is 31.2 Å². The van der Waals surface area contributed by atoms with E-state index in [1.807, 2.05) is 0 Å². The summed E-state index contributed by atoms with van der Waals surface area (Å²) in [7, 11) is 0. The van der Waals surface area contributed by atoms with E-state index in [4.69, 9.17) is 16.2 Å². The molecule has 0 saturated heterocycles. The molecule has 1 aromatic rings. The number of halogens is 1. The first-order chi connectivity index (χ1) is 8.19. The molecule has 0 spiro atoms. The van der Waals surface area contributed by atoms with E-state index in [0.29, 0.717) is 12.3 Å². The Morgan fingerprint density at radius 2 is 1.94 bits per heavy atom. The Hall–Kier alpha value is -1.13. The molecule has 0 amide bonds. The predicted molar refractivity (Wildman–Crippen MR) is 65.2 cm³/mol. The fourth-order valence-corrected chi connectivity index (χ4v) is 2.15. The van der Waals surface area contributed by atoms with Crippen molar-refractivity contribution in [3.8, 4) is 5.75 Å². The zero-order valence-electron chi connectivity index (χ0n) is 9.86. The highest BCUT2D eigenvalue weighted by Gasteiger charge is 2.20. The number of hydrogen-bond acceptors (Lipinski definition) is 3.